The van der Waals surface area contributed by atoms with Crippen molar-refractivity contribution >= 4 is 27.7 Å². The van der Waals surface area contributed by atoms with E-state index in [4.69, 9.17) is 0 Å². The van der Waals surface area contributed by atoms with Crippen LogP contribution in [0.1, 0.15) is 24.1 Å². The lowest BCUT2D eigenvalue weighted by molar-refractivity contribution is -0.117. The highest BCUT2D eigenvalue weighted by atomic mass is 79.9. The first kappa shape index (κ1) is 14.1. The van der Waals surface area contributed by atoms with Gasteiger partial charge in [-0.25, -0.2) is 4.79 Å². The number of hydrogen-bond donors (Lipinski definition) is 0. The minimum Gasteiger partial charge on any atom is -0.319 e. The molecule has 1 aliphatic rings. The molecule has 2 rings (SSSR count). The molecule has 19 heavy (non-hydrogen) atoms. The van der Waals surface area contributed by atoms with Crippen LogP contribution in [0.25, 0.3) is 0 Å². The van der Waals surface area contributed by atoms with Gasteiger partial charge >= 0.3 is 6.03 Å². The van der Waals surface area contributed by atoms with Crippen molar-refractivity contribution in [1.29, 1.82) is 0 Å². The van der Waals surface area contributed by atoms with E-state index in [0.717, 1.165) is 15.6 Å². The molecule has 0 spiro atoms. The molecule has 1 atom stereocenters. The molecule has 1 unspecified atom stereocenters. The first-order valence-corrected chi connectivity index (χ1v) is 6.96. The van der Waals surface area contributed by atoms with Crippen molar-refractivity contribution in [2.75, 3.05) is 20.1 Å². The van der Waals surface area contributed by atoms with E-state index < -0.39 is 0 Å². The number of carbonyl (C=O) groups is 2. The van der Waals surface area contributed by atoms with Crippen LogP contribution in [-0.2, 0) is 4.79 Å². The van der Waals surface area contributed by atoms with Gasteiger partial charge in [-0.15, -0.1) is 0 Å². The van der Waals surface area contributed by atoms with E-state index in [9.17, 15) is 9.59 Å². The topological polar surface area (TPSA) is 40.6 Å². The summed E-state index contributed by atoms with van der Waals surface area (Å²) in [6.07, 6.45) is 0. The number of halogens is 1. The maximum absolute atomic E-state index is 12.1. The van der Waals surface area contributed by atoms with Gasteiger partial charge < -0.3 is 9.80 Å². The predicted octanol–water partition coefficient (Wildman–Crippen LogP) is 2.76. The second-order valence-corrected chi connectivity index (χ2v) is 5.91. The number of ketones is 1. The Bertz CT molecular complexity index is 530. The number of benzene rings is 1. The number of amides is 2. The van der Waals surface area contributed by atoms with Crippen LogP contribution in [-0.4, -0.2) is 41.8 Å². The third-order valence-corrected chi connectivity index (χ3v) is 3.94. The first-order chi connectivity index (χ1) is 8.90. The Morgan fingerprint density at radius 3 is 2.79 bits per heavy atom. The molecular formula is C14H17BrN2O2. The fraction of sp³-hybridized carbons (Fsp3) is 0.429. The van der Waals surface area contributed by atoms with Crippen molar-refractivity contribution in [2.45, 2.75) is 19.9 Å². The van der Waals surface area contributed by atoms with E-state index in [1.54, 1.807) is 16.8 Å². The van der Waals surface area contributed by atoms with Crippen molar-refractivity contribution in [3.63, 3.8) is 0 Å². The smallest absolute Gasteiger partial charge is 0.319 e. The number of urea groups is 1. The quantitative estimate of drug-likeness (QED) is 0.857. The number of hydrogen-bond acceptors (Lipinski definition) is 2. The van der Waals surface area contributed by atoms with Crippen LogP contribution in [0.3, 0.4) is 0 Å². The summed E-state index contributed by atoms with van der Waals surface area (Å²) < 4.78 is 0.999. The fourth-order valence-corrected chi connectivity index (χ4v) is 2.82. The van der Waals surface area contributed by atoms with Crippen LogP contribution in [0.4, 0.5) is 4.79 Å². The number of likely N-dealkylation sites (N-methyl/N-ethyl adjacent to an activating group) is 1. The lowest BCUT2D eigenvalue weighted by Crippen LogP contribution is -2.33. The van der Waals surface area contributed by atoms with Crippen molar-refractivity contribution in [3.8, 4) is 0 Å². The molecule has 0 N–H and O–H groups in total. The molecule has 1 aromatic rings. The predicted molar refractivity (Wildman–Crippen MR) is 77.0 cm³/mol. The van der Waals surface area contributed by atoms with Crippen LogP contribution >= 0.6 is 15.9 Å². The third-order valence-electron chi connectivity index (χ3n) is 3.45. The minimum absolute atomic E-state index is 0.00403. The fourth-order valence-electron chi connectivity index (χ4n) is 2.44. The number of carbonyl (C=O) groups excluding carboxylic acids is 2. The Morgan fingerprint density at radius 2 is 2.16 bits per heavy atom. The average Bonchev–Trinajstić information content (AvgIpc) is 2.60. The molecule has 1 fully saturated rings. The Hall–Kier alpha value is -1.36. The lowest BCUT2D eigenvalue weighted by Gasteiger charge is -2.20. The van der Waals surface area contributed by atoms with Gasteiger partial charge in [0.15, 0.2) is 0 Å². The van der Waals surface area contributed by atoms with Crippen LogP contribution in [0.2, 0.25) is 0 Å². The molecule has 1 saturated heterocycles. The highest BCUT2D eigenvalue weighted by molar-refractivity contribution is 9.10. The summed E-state index contributed by atoms with van der Waals surface area (Å²) in [4.78, 5) is 26.6. The average molecular weight is 325 g/mol. The monoisotopic (exact) mass is 324 g/mol. The molecule has 4 nitrogen and oxygen atoms in total. The van der Waals surface area contributed by atoms with Crippen molar-refractivity contribution < 1.29 is 9.59 Å². The summed E-state index contributed by atoms with van der Waals surface area (Å²) in [5, 5.41) is 0. The van der Waals surface area contributed by atoms with Gasteiger partial charge in [-0.2, -0.15) is 0 Å². The number of rotatable bonds is 3. The normalized spacial score (nSPS) is 19.2. The molecule has 0 saturated carbocycles. The molecular weight excluding hydrogens is 308 g/mol. The molecule has 1 aliphatic heterocycles. The zero-order valence-electron chi connectivity index (χ0n) is 11.3. The lowest BCUT2D eigenvalue weighted by atomic mass is 10.0. The first-order valence-electron chi connectivity index (χ1n) is 6.17. The zero-order chi connectivity index (χ0) is 14.2. The van der Waals surface area contributed by atoms with Gasteiger partial charge in [0.05, 0.1) is 12.6 Å². The van der Waals surface area contributed by atoms with E-state index >= 15 is 0 Å². The summed E-state index contributed by atoms with van der Waals surface area (Å²) >= 11 is 3.46. The zero-order valence-corrected chi connectivity index (χ0v) is 12.9. The van der Waals surface area contributed by atoms with Crippen molar-refractivity contribution in [2.24, 2.45) is 0 Å². The SMILES string of the molecule is CC(=O)CN1CC(c2cc(Br)ccc2C)N(C)C1=O. The molecule has 0 bridgehead atoms. The molecule has 1 heterocycles. The third kappa shape index (κ3) is 2.81. The van der Waals surface area contributed by atoms with E-state index in [1.165, 1.54) is 6.92 Å². The highest BCUT2D eigenvalue weighted by Crippen LogP contribution is 2.31. The summed E-state index contributed by atoms with van der Waals surface area (Å²) in [6.45, 7) is 4.29. The largest absolute Gasteiger partial charge is 0.320 e. The molecule has 0 radical (unpaired) electrons. The Morgan fingerprint density at radius 1 is 1.47 bits per heavy atom. The summed E-state index contributed by atoms with van der Waals surface area (Å²) in [5.74, 6) is 0.00774. The van der Waals surface area contributed by atoms with Gasteiger partial charge in [-0.3, -0.25) is 4.79 Å². The second-order valence-electron chi connectivity index (χ2n) is 4.99. The van der Waals surface area contributed by atoms with Crippen molar-refractivity contribution in [1.82, 2.24) is 9.80 Å². The van der Waals surface area contributed by atoms with Gasteiger partial charge in [0, 0.05) is 18.1 Å². The summed E-state index contributed by atoms with van der Waals surface area (Å²) in [7, 11) is 1.79. The van der Waals surface area contributed by atoms with Crippen LogP contribution < -0.4 is 0 Å². The van der Waals surface area contributed by atoms with E-state index in [2.05, 4.69) is 15.9 Å². The van der Waals surface area contributed by atoms with Gasteiger partial charge in [0.1, 0.15) is 5.78 Å². The Balaban J connectivity index is 2.28. The van der Waals surface area contributed by atoms with E-state index in [-0.39, 0.29) is 24.4 Å². The molecule has 5 heteroatoms. The van der Waals surface area contributed by atoms with Gasteiger partial charge in [-0.05, 0) is 37.1 Å². The molecule has 102 valence electrons. The Kier molecular flexibility index (Phi) is 3.94. The summed E-state index contributed by atoms with van der Waals surface area (Å²) in [6, 6.07) is 5.99. The highest BCUT2D eigenvalue weighted by Gasteiger charge is 2.36. The van der Waals surface area contributed by atoms with Crippen LogP contribution in [0.15, 0.2) is 22.7 Å². The molecule has 2 amide bonds. The van der Waals surface area contributed by atoms with Gasteiger partial charge in [0.25, 0.3) is 0 Å². The van der Waals surface area contributed by atoms with E-state index in [0.29, 0.717) is 6.54 Å². The van der Waals surface area contributed by atoms with E-state index in [1.807, 2.05) is 25.1 Å². The maximum atomic E-state index is 12.1. The van der Waals surface area contributed by atoms with Crippen LogP contribution in [0, 0.1) is 6.92 Å². The maximum Gasteiger partial charge on any atom is 0.320 e. The van der Waals surface area contributed by atoms with Crippen molar-refractivity contribution in [3.05, 3.63) is 33.8 Å². The number of nitrogens with zero attached hydrogens (tertiary/aromatic N) is 2. The standard InChI is InChI=1S/C14H17BrN2O2/c1-9-4-5-11(15)6-12(9)13-8-17(7-10(2)18)14(19)16(13)3/h4-6,13H,7-8H2,1-3H3. The van der Waals surface area contributed by atoms with Gasteiger partial charge in [0.2, 0.25) is 0 Å². The van der Waals surface area contributed by atoms with Crippen LogP contribution in [0.5, 0.6) is 0 Å². The molecule has 0 aromatic heterocycles. The Labute approximate surface area is 121 Å². The second kappa shape index (κ2) is 5.33. The number of Topliss-reactive ketones (excluding diaryl/α,β-unsaturated/α-hetero) is 1. The minimum atomic E-state index is -0.0837. The summed E-state index contributed by atoms with van der Waals surface area (Å²) in [5.41, 5.74) is 2.27. The molecule has 1 aromatic carbocycles. The molecule has 0 aliphatic carbocycles. The van der Waals surface area contributed by atoms with Gasteiger partial charge in [-0.1, -0.05) is 22.0 Å². The number of aryl methyl sites for hydroxylation is 1.